The van der Waals surface area contributed by atoms with Crippen LogP contribution in [0.25, 0.3) is 0 Å². The average molecular weight is 1710 g/mol. The van der Waals surface area contributed by atoms with Crippen LogP contribution in [0.3, 0.4) is 0 Å². The summed E-state index contributed by atoms with van der Waals surface area (Å²) in [5, 5.41) is 102. The fourth-order valence-electron chi connectivity index (χ4n) is 15.9. The molecule has 1 aliphatic carbocycles. The first-order valence-electron chi connectivity index (χ1n) is 47.9. The number of unbranched alkanes of at least 4 members (excludes halogenated alkanes) is 52. The van der Waals surface area contributed by atoms with Crippen LogP contribution in [0.15, 0.2) is 12.2 Å². The molecule has 10 N–H and O–H groups in total. The Balaban J connectivity index is 1.91. The van der Waals surface area contributed by atoms with E-state index in [0.717, 1.165) is 141 Å². The van der Waals surface area contributed by atoms with Gasteiger partial charge in [-0.3, -0.25) is 28.2 Å². The van der Waals surface area contributed by atoms with Gasteiger partial charge in [-0.1, -0.05) is 354 Å². The lowest BCUT2D eigenvalue weighted by molar-refractivity contribution is -0.360. The predicted octanol–water partition coefficient (Wildman–Crippen LogP) is 17.9. The van der Waals surface area contributed by atoms with Gasteiger partial charge in [-0.2, -0.15) is 0 Å². The number of hydrogen-bond donors (Lipinski definition) is 10. The molecule has 2 saturated heterocycles. The third kappa shape index (κ3) is 51.0. The zero-order valence-corrected chi connectivity index (χ0v) is 74.9. The first-order chi connectivity index (χ1) is 57.2. The SMILES string of the molecule is CCCCCC/C=C\CCCCCCCCCC(=O)OC(COC(=O)CCCCCCCCCCCCCCCCC)COP(=O)(O)OC1C(OC2OC(CO)C(O)C(O)C2O)C(O)C(O)C(OC(=O)CCCCCCCCCCCCCCCCCC)C1OC1OC(COC(=O)CCCCCCCCCCCCCCC)C(O)C(O)C1O. The van der Waals surface area contributed by atoms with Crippen LogP contribution in [0.1, 0.15) is 419 Å². The van der Waals surface area contributed by atoms with Gasteiger partial charge in [-0.15, -0.1) is 0 Å². The number of carbonyl (C=O) groups excluding carboxylic acids is 4. The van der Waals surface area contributed by atoms with Crippen LogP contribution < -0.4 is 0 Å². The van der Waals surface area contributed by atoms with Gasteiger partial charge in [0.05, 0.1) is 13.2 Å². The van der Waals surface area contributed by atoms with Crippen molar-refractivity contribution in [2.75, 3.05) is 26.4 Å². The number of rotatable bonds is 78. The molecule has 26 heteroatoms. The van der Waals surface area contributed by atoms with E-state index in [0.29, 0.717) is 38.5 Å². The molecule has 2 heterocycles. The third-order valence-corrected chi connectivity index (χ3v) is 24.5. The van der Waals surface area contributed by atoms with Gasteiger partial charge in [0.15, 0.2) is 24.8 Å². The first-order valence-corrected chi connectivity index (χ1v) is 49.4. The minimum absolute atomic E-state index is 0.0186. The molecule has 3 aliphatic rings. The standard InChI is InChI=1S/C92H171O25P/c1-5-9-13-17-21-25-29-33-36-39-43-47-51-55-59-63-67-78(97)114-87-83(102)84(103)88(115-91-85(104)81(100)79(98)73(68-93)112-91)90(89(87)116-92-86(105)82(101)80(99)74(113-92)71-109-76(95)65-61-57-53-49-44-40-32-28-24-20-16-12-8-4)117-118(106,107)110-70-72(111-77(96)66-62-58-54-50-46-42-38-35-31-27-23-19-15-11-7-3)69-108-75(94)64-60-56-52-48-45-41-37-34-30-26-22-18-14-10-6-2/h27,31,72-74,79-93,98-105H,5-26,28-30,32-71H2,1-4H3,(H,106,107)/b31-27-. The van der Waals surface area contributed by atoms with Gasteiger partial charge >= 0.3 is 31.7 Å². The van der Waals surface area contributed by atoms with Crippen molar-refractivity contribution in [1.82, 2.24) is 0 Å². The molecule has 2 aliphatic heterocycles. The summed E-state index contributed by atoms with van der Waals surface area (Å²) in [5.41, 5.74) is 0. The highest BCUT2D eigenvalue weighted by molar-refractivity contribution is 7.47. The summed E-state index contributed by atoms with van der Waals surface area (Å²) in [6, 6.07) is 0. The molecule has 18 unspecified atom stereocenters. The van der Waals surface area contributed by atoms with E-state index in [1.165, 1.54) is 186 Å². The third-order valence-electron chi connectivity index (χ3n) is 23.5. The number of ether oxygens (including phenoxy) is 8. The molecule has 0 bridgehead atoms. The number of aliphatic hydroxyl groups excluding tert-OH is 9. The maximum Gasteiger partial charge on any atom is 0.472 e. The Morgan fingerprint density at radius 1 is 0.331 bits per heavy atom. The van der Waals surface area contributed by atoms with E-state index in [1.807, 2.05) is 0 Å². The topological polar surface area (TPSA) is 380 Å². The lowest BCUT2D eigenvalue weighted by Crippen LogP contribution is -2.70. The average Bonchev–Trinajstić information content (AvgIpc) is 0.755. The van der Waals surface area contributed by atoms with Gasteiger partial charge in [-0.25, -0.2) is 4.57 Å². The molecule has 25 nitrogen and oxygen atoms in total. The van der Waals surface area contributed by atoms with Crippen LogP contribution >= 0.6 is 7.82 Å². The molecule has 18 atom stereocenters. The zero-order chi connectivity index (χ0) is 86.1. The highest BCUT2D eigenvalue weighted by Crippen LogP contribution is 2.49. The van der Waals surface area contributed by atoms with E-state index in [9.17, 15) is 74.6 Å². The summed E-state index contributed by atoms with van der Waals surface area (Å²) >= 11 is 0. The maximum atomic E-state index is 14.9. The van der Waals surface area contributed by atoms with Crippen molar-refractivity contribution < 1.29 is 122 Å². The molecule has 0 amide bonds. The molecule has 0 spiro atoms. The van der Waals surface area contributed by atoms with E-state index in [-0.39, 0.29) is 25.7 Å². The van der Waals surface area contributed by atoms with Crippen molar-refractivity contribution in [2.24, 2.45) is 0 Å². The second kappa shape index (κ2) is 71.4. The van der Waals surface area contributed by atoms with Crippen molar-refractivity contribution in [2.45, 2.75) is 524 Å². The van der Waals surface area contributed by atoms with Crippen molar-refractivity contribution in [3.8, 4) is 0 Å². The fraction of sp³-hybridized carbons (Fsp3) is 0.935. The highest BCUT2D eigenvalue weighted by Gasteiger charge is 2.60. The van der Waals surface area contributed by atoms with Gasteiger partial charge in [0, 0.05) is 25.7 Å². The molecule has 694 valence electrons. The van der Waals surface area contributed by atoms with Gasteiger partial charge in [0.25, 0.3) is 0 Å². The predicted molar refractivity (Wildman–Crippen MR) is 458 cm³/mol. The Bertz CT molecular complexity index is 2500. The van der Waals surface area contributed by atoms with E-state index in [4.69, 9.17) is 46.9 Å². The summed E-state index contributed by atoms with van der Waals surface area (Å²) in [7, 11) is -5.81. The Morgan fingerprint density at radius 2 is 0.636 bits per heavy atom. The number of phosphoric acid groups is 1. The molecule has 0 aromatic rings. The summed E-state index contributed by atoms with van der Waals surface area (Å²) in [4.78, 5) is 66.5. The minimum Gasteiger partial charge on any atom is -0.463 e. The Morgan fingerprint density at radius 3 is 1.02 bits per heavy atom. The van der Waals surface area contributed by atoms with E-state index in [2.05, 4.69) is 39.8 Å². The fourth-order valence-corrected chi connectivity index (χ4v) is 16.9. The summed E-state index contributed by atoms with van der Waals surface area (Å²) in [5.74, 6) is -2.95. The van der Waals surface area contributed by atoms with Gasteiger partial charge in [-0.05, 0) is 51.4 Å². The van der Waals surface area contributed by atoms with Crippen LogP contribution in [0.5, 0.6) is 0 Å². The van der Waals surface area contributed by atoms with Crippen molar-refractivity contribution >= 4 is 31.7 Å². The summed E-state index contributed by atoms with van der Waals surface area (Å²) in [6.07, 6.45) is 30.4. The zero-order valence-electron chi connectivity index (χ0n) is 74.0. The Kier molecular flexibility index (Phi) is 66.2. The molecule has 0 radical (unpaired) electrons. The quantitative estimate of drug-likeness (QED) is 0.00889. The number of hydrogen-bond acceptors (Lipinski definition) is 24. The number of carbonyl (C=O) groups is 4. The Hall–Kier alpha value is -2.79. The largest absolute Gasteiger partial charge is 0.472 e. The molecule has 3 fully saturated rings. The number of phosphoric ester groups is 1. The van der Waals surface area contributed by atoms with Crippen LogP contribution in [0, 0.1) is 0 Å². The molecule has 0 aromatic heterocycles. The highest BCUT2D eigenvalue weighted by atomic mass is 31.2. The van der Waals surface area contributed by atoms with Gasteiger partial charge < -0.3 is 88.7 Å². The van der Waals surface area contributed by atoms with Crippen LogP contribution in [0.2, 0.25) is 0 Å². The lowest BCUT2D eigenvalue weighted by atomic mass is 9.84. The van der Waals surface area contributed by atoms with Crippen molar-refractivity contribution in [3.05, 3.63) is 12.2 Å². The minimum atomic E-state index is -5.81. The Labute approximate surface area is 712 Å². The molecule has 1 saturated carbocycles. The normalized spacial score (nSPS) is 24.9. The van der Waals surface area contributed by atoms with E-state index in [1.54, 1.807) is 0 Å². The van der Waals surface area contributed by atoms with Crippen LogP contribution in [0.4, 0.5) is 0 Å². The number of esters is 4. The smallest absolute Gasteiger partial charge is 0.463 e. The van der Waals surface area contributed by atoms with Crippen LogP contribution in [-0.2, 0) is 70.7 Å². The molecule has 118 heavy (non-hydrogen) atoms. The maximum absolute atomic E-state index is 14.9. The summed E-state index contributed by atoms with van der Waals surface area (Å²) in [6.45, 7) is 5.62. The van der Waals surface area contributed by atoms with Crippen molar-refractivity contribution in [3.63, 3.8) is 0 Å². The summed E-state index contributed by atoms with van der Waals surface area (Å²) < 4.78 is 73.5. The number of aliphatic hydroxyl groups is 9. The van der Waals surface area contributed by atoms with E-state index < -0.39 is 162 Å². The second-order valence-electron chi connectivity index (χ2n) is 34.2. The van der Waals surface area contributed by atoms with E-state index >= 15 is 0 Å². The first kappa shape index (κ1) is 109. The lowest BCUT2D eigenvalue weighted by Gasteiger charge is -2.50. The molecular weight excluding hydrogens is 1540 g/mol. The number of allylic oxidation sites excluding steroid dienone is 2. The van der Waals surface area contributed by atoms with Crippen LogP contribution in [-0.4, -0.2) is 205 Å². The molecular formula is C92H171O25P. The van der Waals surface area contributed by atoms with Gasteiger partial charge in [0.1, 0.15) is 92.6 Å². The molecule has 0 aromatic carbocycles. The van der Waals surface area contributed by atoms with Gasteiger partial charge in [0.2, 0.25) is 0 Å². The molecule has 3 rings (SSSR count). The monoisotopic (exact) mass is 1710 g/mol. The van der Waals surface area contributed by atoms with Crippen molar-refractivity contribution in [1.29, 1.82) is 0 Å². The second-order valence-corrected chi connectivity index (χ2v) is 35.6.